The first-order chi connectivity index (χ1) is 13.1. The Morgan fingerprint density at radius 2 is 1.81 bits per heavy atom. The normalized spacial score (nSPS) is 15.3. The van der Waals surface area contributed by atoms with Gasteiger partial charge in [-0.25, -0.2) is 0 Å². The molecule has 2 aromatic rings. The summed E-state index contributed by atoms with van der Waals surface area (Å²) in [6.07, 6.45) is 1.67. The molecule has 1 N–H and O–H groups in total. The number of imide groups is 1. The molecule has 27 heavy (non-hydrogen) atoms. The molecule has 6 nitrogen and oxygen atoms in total. The molecule has 1 saturated heterocycles. The van der Waals surface area contributed by atoms with Crippen molar-refractivity contribution >= 4 is 34.9 Å². The Bertz CT molecular complexity index is 879. The fourth-order valence-electron chi connectivity index (χ4n) is 2.52. The highest BCUT2D eigenvalue weighted by Gasteiger charge is 2.34. The van der Waals surface area contributed by atoms with Crippen molar-refractivity contribution in [3.63, 3.8) is 0 Å². The van der Waals surface area contributed by atoms with Crippen molar-refractivity contribution in [1.82, 2.24) is 10.2 Å². The molecule has 3 rings (SSSR count). The summed E-state index contributed by atoms with van der Waals surface area (Å²) in [7, 11) is 1.58. The minimum atomic E-state index is -0.352. The number of nitrogens with one attached hydrogen (secondary N) is 1. The van der Waals surface area contributed by atoms with Gasteiger partial charge in [-0.05, 0) is 47.7 Å². The van der Waals surface area contributed by atoms with Crippen molar-refractivity contribution in [3.05, 3.63) is 70.6 Å². The van der Waals surface area contributed by atoms with Gasteiger partial charge < -0.3 is 10.1 Å². The van der Waals surface area contributed by atoms with E-state index in [9.17, 15) is 14.4 Å². The summed E-state index contributed by atoms with van der Waals surface area (Å²) < 4.78 is 5.10. The van der Waals surface area contributed by atoms with Gasteiger partial charge in [0.05, 0.1) is 12.0 Å². The number of carbonyl (C=O) groups excluding carboxylic acids is 3. The van der Waals surface area contributed by atoms with Crippen LogP contribution in [0.25, 0.3) is 6.08 Å². The summed E-state index contributed by atoms with van der Waals surface area (Å²) >= 11 is 0.896. The predicted molar refractivity (Wildman–Crippen MR) is 104 cm³/mol. The van der Waals surface area contributed by atoms with Crippen LogP contribution >= 0.6 is 11.8 Å². The highest BCUT2D eigenvalue weighted by molar-refractivity contribution is 8.18. The number of ether oxygens (including phenoxy) is 1. The van der Waals surface area contributed by atoms with Gasteiger partial charge in [-0.3, -0.25) is 19.3 Å². The molecule has 1 heterocycles. The van der Waals surface area contributed by atoms with Crippen LogP contribution in [0, 0.1) is 0 Å². The Morgan fingerprint density at radius 3 is 2.48 bits per heavy atom. The van der Waals surface area contributed by atoms with Gasteiger partial charge in [0.2, 0.25) is 0 Å². The van der Waals surface area contributed by atoms with E-state index < -0.39 is 0 Å². The maximum absolute atomic E-state index is 12.5. The molecule has 0 aromatic heterocycles. The summed E-state index contributed by atoms with van der Waals surface area (Å²) in [5.74, 6) is 0.125. The first kappa shape index (κ1) is 18.7. The summed E-state index contributed by atoms with van der Waals surface area (Å²) in [5.41, 5.74) is 1.34. The Kier molecular flexibility index (Phi) is 5.93. The maximum atomic E-state index is 12.5. The van der Waals surface area contributed by atoms with Crippen molar-refractivity contribution in [1.29, 1.82) is 0 Å². The number of thioether (sulfide) groups is 1. The number of hydrogen-bond acceptors (Lipinski definition) is 5. The van der Waals surface area contributed by atoms with Crippen molar-refractivity contribution in [3.8, 4) is 5.75 Å². The minimum Gasteiger partial charge on any atom is -0.497 e. The van der Waals surface area contributed by atoms with Crippen molar-refractivity contribution < 1.29 is 19.1 Å². The second-order valence-electron chi connectivity index (χ2n) is 5.73. The maximum Gasteiger partial charge on any atom is 0.293 e. The van der Waals surface area contributed by atoms with Gasteiger partial charge in [-0.15, -0.1) is 0 Å². The Morgan fingerprint density at radius 1 is 1.11 bits per heavy atom. The van der Waals surface area contributed by atoms with Crippen LogP contribution in [0.3, 0.4) is 0 Å². The summed E-state index contributed by atoms with van der Waals surface area (Å²) in [4.78, 5) is 38.1. The molecule has 0 saturated carbocycles. The van der Waals surface area contributed by atoms with E-state index >= 15 is 0 Å². The second kappa shape index (κ2) is 8.55. The van der Waals surface area contributed by atoms with Gasteiger partial charge in [0.15, 0.2) is 0 Å². The average molecular weight is 382 g/mol. The van der Waals surface area contributed by atoms with Crippen LogP contribution in [0.2, 0.25) is 0 Å². The molecule has 0 aliphatic carbocycles. The van der Waals surface area contributed by atoms with Gasteiger partial charge >= 0.3 is 0 Å². The molecular formula is C20H18N2O4S. The molecule has 138 valence electrons. The summed E-state index contributed by atoms with van der Waals surface area (Å²) in [5, 5.41) is 2.38. The van der Waals surface area contributed by atoms with E-state index in [0.29, 0.717) is 10.5 Å². The summed E-state index contributed by atoms with van der Waals surface area (Å²) in [6, 6.07) is 16.0. The number of rotatable bonds is 6. The number of benzene rings is 2. The first-order valence-electron chi connectivity index (χ1n) is 8.31. The van der Waals surface area contributed by atoms with E-state index in [1.54, 1.807) is 49.6 Å². The fourth-order valence-corrected chi connectivity index (χ4v) is 3.38. The van der Waals surface area contributed by atoms with Crippen LogP contribution in [0.5, 0.6) is 5.75 Å². The van der Waals surface area contributed by atoms with Gasteiger partial charge in [-0.2, -0.15) is 0 Å². The molecular weight excluding hydrogens is 364 g/mol. The van der Waals surface area contributed by atoms with E-state index in [4.69, 9.17) is 4.74 Å². The molecule has 1 fully saturated rings. The fraction of sp³-hybridized carbons (Fsp3) is 0.150. The topological polar surface area (TPSA) is 75.7 Å². The van der Waals surface area contributed by atoms with Crippen LogP contribution in [-0.4, -0.2) is 42.2 Å². The zero-order valence-corrected chi connectivity index (χ0v) is 15.5. The molecule has 0 unspecified atom stereocenters. The van der Waals surface area contributed by atoms with E-state index in [2.05, 4.69) is 5.32 Å². The largest absolute Gasteiger partial charge is 0.497 e. The lowest BCUT2D eigenvalue weighted by atomic mass is 10.2. The number of nitrogens with zero attached hydrogens (tertiary/aromatic N) is 1. The van der Waals surface area contributed by atoms with E-state index in [0.717, 1.165) is 28.0 Å². The lowest BCUT2D eigenvalue weighted by molar-refractivity contribution is -0.122. The molecule has 2 aromatic carbocycles. The Hall–Kier alpha value is -3.06. The molecule has 0 spiro atoms. The number of amides is 3. The number of carbonyl (C=O) groups is 3. The molecule has 0 atom stereocenters. The van der Waals surface area contributed by atoms with Gasteiger partial charge in [0.25, 0.3) is 17.1 Å². The third kappa shape index (κ3) is 4.57. The van der Waals surface area contributed by atoms with Crippen LogP contribution in [0.4, 0.5) is 4.79 Å². The van der Waals surface area contributed by atoms with Gasteiger partial charge in [0.1, 0.15) is 5.75 Å². The molecule has 0 bridgehead atoms. The highest BCUT2D eigenvalue weighted by atomic mass is 32.2. The first-order valence-corrected chi connectivity index (χ1v) is 9.13. The van der Waals surface area contributed by atoms with Crippen LogP contribution in [0.1, 0.15) is 15.9 Å². The van der Waals surface area contributed by atoms with Crippen LogP contribution < -0.4 is 10.1 Å². The van der Waals surface area contributed by atoms with Gasteiger partial charge in [0, 0.05) is 18.7 Å². The predicted octanol–water partition coefficient (Wildman–Crippen LogP) is 3.16. The third-order valence-corrected chi connectivity index (χ3v) is 4.85. The zero-order valence-electron chi connectivity index (χ0n) is 14.7. The van der Waals surface area contributed by atoms with Crippen molar-refractivity contribution in [2.24, 2.45) is 0 Å². The van der Waals surface area contributed by atoms with Crippen LogP contribution in [0.15, 0.2) is 59.5 Å². The van der Waals surface area contributed by atoms with Gasteiger partial charge in [-0.1, -0.05) is 30.3 Å². The molecule has 1 aliphatic heterocycles. The molecule has 7 heteroatoms. The Balaban J connectivity index is 1.59. The SMILES string of the molecule is COc1ccc(/C=C2\SC(=O)N(CCNC(=O)c3ccccc3)C2=O)cc1. The number of methoxy groups -OCH3 is 1. The lowest BCUT2D eigenvalue weighted by Crippen LogP contribution is -2.37. The van der Waals surface area contributed by atoms with Crippen molar-refractivity contribution in [2.45, 2.75) is 0 Å². The number of hydrogen-bond donors (Lipinski definition) is 1. The Labute approximate surface area is 161 Å². The van der Waals surface area contributed by atoms with E-state index in [1.165, 1.54) is 0 Å². The van der Waals surface area contributed by atoms with E-state index in [-0.39, 0.29) is 30.1 Å². The molecule has 3 amide bonds. The minimum absolute atomic E-state index is 0.128. The quantitative estimate of drug-likeness (QED) is 0.777. The molecule has 1 aliphatic rings. The molecule has 0 radical (unpaired) electrons. The van der Waals surface area contributed by atoms with Crippen molar-refractivity contribution in [2.75, 3.05) is 20.2 Å². The monoisotopic (exact) mass is 382 g/mol. The highest BCUT2D eigenvalue weighted by Crippen LogP contribution is 2.32. The third-order valence-electron chi connectivity index (χ3n) is 3.94. The second-order valence-corrected chi connectivity index (χ2v) is 6.72. The lowest BCUT2D eigenvalue weighted by Gasteiger charge is -2.13. The smallest absolute Gasteiger partial charge is 0.293 e. The summed E-state index contributed by atoms with van der Waals surface area (Å²) in [6.45, 7) is 0.324. The standard InChI is InChI=1S/C20H18N2O4S/c1-26-16-9-7-14(8-10-16)13-17-19(24)22(20(25)27-17)12-11-21-18(23)15-5-3-2-4-6-15/h2-10,13H,11-12H2,1H3,(H,21,23)/b17-13-. The zero-order chi connectivity index (χ0) is 19.2. The average Bonchev–Trinajstić information content (AvgIpc) is 2.96. The van der Waals surface area contributed by atoms with Crippen LogP contribution in [-0.2, 0) is 4.79 Å². The van der Waals surface area contributed by atoms with E-state index in [1.807, 2.05) is 18.2 Å².